The molecule has 0 aromatic carbocycles. The number of carbonyl (C=O) groups is 3. The molecule has 0 heterocycles. The van der Waals surface area contributed by atoms with Gasteiger partial charge in [0.05, 0.1) is 40.3 Å². The molecule has 0 aliphatic heterocycles. The summed E-state index contributed by atoms with van der Waals surface area (Å²) in [6.45, 7) is 4.72. The van der Waals surface area contributed by atoms with E-state index in [9.17, 15) is 19.5 Å². The number of hydrogen-bond donors (Lipinski definition) is 0. The van der Waals surface area contributed by atoms with Crippen LogP contribution in [0.5, 0.6) is 0 Å². The maximum absolute atomic E-state index is 12.8. The van der Waals surface area contributed by atoms with Crippen LogP contribution < -0.4 is 5.11 Å². The Kier molecular flexibility index (Phi) is 45.6. The zero-order valence-corrected chi connectivity index (χ0v) is 42.7. The number of rotatable bonds is 50. The second-order valence-corrected chi connectivity index (χ2v) is 19.5. The first-order chi connectivity index (χ1) is 31.1. The van der Waals surface area contributed by atoms with Crippen LogP contribution in [0.2, 0.25) is 0 Å². The summed E-state index contributed by atoms with van der Waals surface area (Å²) in [5.41, 5.74) is 0. The van der Waals surface area contributed by atoms with Crippen LogP contribution in [0.3, 0.4) is 0 Å². The molecule has 0 N–H and O–H groups in total. The van der Waals surface area contributed by atoms with Crippen molar-refractivity contribution in [3.8, 4) is 0 Å². The SMILES string of the molecule is CCCC/C=C\C/C=C\CCCCCCCC(=O)OC(COC(=O)CCCCCCCCCCCCCCCCCCCCCCCCCCC)COC(OCC[N+](C)(C)C)C(=O)[O-]. The molecule has 0 radical (unpaired) electrons. The van der Waals surface area contributed by atoms with Gasteiger partial charge in [0, 0.05) is 12.8 Å². The van der Waals surface area contributed by atoms with Crippen molar-refractivity contribution in [1.29, 1.82) is 0 Å². The van der Waals surface area contributed by atoms with Gasteiger partial charge in [-0.25, -0.2) is 0 Å². The lowest BCUT2D eigenvalue weighted by molar-refractivity contribution is -0.870. The number of aliphatic carboxylic acids is 1. The number of unbranched alkanes of at least 4 members (excludes halogenated alkanes) is 31. The van der Waals surface area contributed by atoms with Gasteiger partial charge in [0.15, 0.2) is 12.4 Å². The number of hydrogen-bond acceptors (Lipinski definition) is 8. The minimum absolute atomic E-state index is 0.147. The molecule has 0 aromatic heterocycles. The molecule has 0 aliphatic rings. The molecule has 0 fully saturated rings. The Morgan fingerprint density at radius 2 is 0.859 bits per heavy atom. The second kappa shape index (κ2) is 47.3. The molecule has 0 aliphatic carbocycles. The Hall–Kier alpha value is -2.23. The molecule has 376 valence electrons. The zero-order chi connectivity index (χ0) is 47.0. The summed E-state index contributed by atoms with van der Waals surface area (Å²) in [5.74, 6) is -2.29. The molecule has 0 spiro atoms. The molecule has 64 heavy (non-hydrogen) atoms. The van der Waals surface area contributed by atoms with Crippen LogP contribution in [0.25, 0.3) is 0 Å². The molecule has 0 aromatic rings. The van der Waals surface area contributed by atoms with Crippen molar-refractivity contribution >= 4 is 17.9 Å². The average Bonchev–Trinajstić information content (AvgIpc) is 3.26. The van der Waals surface area contributed by atoms with Crippen LogP contribution in [0.4, 0.5) is 0 Å². The predicted molar refractivity (Wildman–Crippen MR) is 265 cm³/mol. The van der Waals surface area contributed by atoms with E-state index in [1.165, 1.54) is 154 Å². The Morgan fingerprint density at radius 1 is 0.469 bits per heavy atom. The fraction of sp³-hybridized carbons (Fsp3) is 0.873. The largest absolute Gasteiger partial charge is 0.545 e. The molecular weight excluding hydrogens is 803 g/mol. The highest BCUT2D eigenvalue weighted by atomic mass is 16.7. The van der Waals surface area contributed by atoms with Gasteiger partial charge in [-0.15, -0.1) is 0 Å². The Morgan fingerprint density at radius 3 is 1.28 bits per heavy atom. The van der Waals surface area contributed by atoms with Gasteiger partial charge in [0.25, 0.3) is 0 Å². The maximum Gasteiger partial charge on any atom is 0.306 e. The minimum Gasteiger partial charge on any atom is -0.545 e. The molecule has 0 bridgehead atoms. The Balaban J connectivity index is 4.19. The highest BCUT2D eigenvalue weighted by Gasteiger charge is 2.22. The molecule has 9 heteroatoms. The minimum atomic E-state index is -1.62. The first kappa shape index (κ1) is 61.8. The van der Waals surface area contributed by atoms with E-state index in [1.54, 1.807) is 0 Å². The number of quaternary nitrogens is 1. The van der Waals surface area contributed by atoms with Crippen molar-refractivity contribution in [2.45, 2.75) is 264 Å². The van der Waals surface area contributed by atoms with E-state index in [0.717, 1.165) is 64.2 Å². The van der Waals surface area contributed by atoms with E-state index >= 15 is 0 Å². The van der Waals surface area contributed by atoms with Gasteiger partial charge in [0.1, 0.15) is 13.2 Å². The van der Waals surface area contributed by atoms with E-state index in [4.69, 9.17) is 18.9 Å². The molecule has 9 nitrogen and oxygen atoms in total. The fourth-order valence-electron chi connectivity index (χ4n) is 7.73. The molecular formula is C55H103NO8. The normalized spacial score (nSPS) is 13.0. The summed E-state index contributed by atoms with van der Waals surface area (Å²) in [6, 6.07) is 0. The summed E-state index contributed by atoms with van der Waals surface area (Å²) >= 11 is 0. The number of esters is 2. The Bertz CT molecular complexity index is 1100. The lowest BCUT2D eigenvalue weighted by atomic mass is 10.0. The summed E-state index contributed by atoms with van der Waals surface area (Å²) < 4.78 is 22.6. The van der Waals surface area contributed by atoms with Gasteiger partial charge in [-0.2, -0.15) is 0 Å². The van der Waals surface area contributed by atoms with Crippen LogP contribution in [-0.4, -0.2) is 82.3 Å². The topological polar surface area (TPSA) is 111 Å². The van der Waals surface area contributed by atoms with Crippen LogP contribution in [-0.2, 0) is 33.3 Å². The van der Waals surface area contributed by atoms with E-state index in [0.29, 0.717) is 23.9 Å². The smallest absolute Gasteiger partial charge is 0.306 e. The summed E-state index contributed by atoms with van der Waals surface area (Å²) in [7, 11) is 5.91. The highest BCUT2D eigenvalue weighted by Crippen LogP contribution is 2.17. The standard InChI is InChI=1S/C55H103NO8/c1-6-8-10-12-14-16-18-20-22-23-24-25-26-27-28-29-30-31-32-34-35-37-39-41-43-45-52(57)62-49-51(50-63-55(54(59)60)61-48-47-56(3,4)5)64-53(58)46-44-42-40-38-36-33-21-19-17-15-13-11-9-7-2/h13,15,19,21,51,55H,6-12,14,16-18,20,22-50H2,1-5H3/b15-13-,21-19-. The number of likely N-dealkylation sites (N-methyl/N-ethyl adjacent to an activating group) is 1. The van der Waals surface area contributed by atoms with Crippen molar-refractivity contribution in [3.05, 3.63) is 24.3 Å². The number of carbonyl (C=O) groups excluding carboxylic acids is 3. The van der Waals surface area contributed by atoms with Crippen molar-refractivity contribution < 1.29 is 42.9 Å². The number of allylic oxidation sites excluding steroid dienone is 4. The average molecular weight is 906 g/mol. The molecule has 2 atom stereocenters. The van der Waals surface area contributed by atoms with E-state index in [-0.39, 0.29) is 32.2 Å². The quantitative estimate of drug-likeness (QED) is 0.0195. The van der Waals surface area contributed by atoms with E-state index < -0.39 is 24.3 Å². The van der Waals surface area contributed by atoms with Gasteiger partial charge in [-0.05, 0) is 38.5 Å². The highest BCUT2D eigenvalue weighted by molar-refractivity contribution is 5.70. The Labute approximate surface area is 395 Å². The van der Waals surface area contributed by atoms with E-state index in [1.807, 2.05) is 21.1 Å². The van der Waals surface area contributed by atoms with Crippen LogP contribution >= 0.6 is 0 Å². The predicted octanol–water partition coefficient (Wildman–Crippen LogP) is 13.8. The second-order valence-electron chi connectivity index (χ2n) is 19.5. The van der Waals surface area contributed by atoms with Gasteiger partial charge in [0.2, 0.25) is 0 Å². The van der Waals surface area contributed by atoms with Gasteiger partial charge in [-0.3, -0.25) is 9.59 Å². The molecule has 2 unspecified atom stereocenters. The molecule has 0 saturated heterocycles. The van der Waals surface area contributed by atoms with Gasteiger partial charge < -0.3 is 33.3 Å². The third-order valence-electron chi connectivity index (χ3n) is 12.0. The van der Waals surface area contributed by atoms with Gasteiger partial charge in [-0.1, -0.05) is 224 Å². The first-order valence-corrected chi connectivity index (χ1v) is 27.0. The summed E-state index contributed by atoms with van der Waals surface area (Å²) in [6.07, 6.45) is 50.8. The number of carboxylic acids is 1. The van der Waals surface area contributed by atoms with Crippen LogP contribution in [0, 0.1) is 0 Å². The number of nitrogens with zero attached hydrogens (tertiary/aromatic N) is 1. The number of carboxylic acid groups (broad SMARTS) is 1. The first-order valence-electron chi connectivity index (χ1n) is 27.0. The lowest BCUT2D eigenvalue weighted by Gasteiger charge is -2.26. The zero-order valence-electron chi connectivity index (χ0n) is 42.7. The third kappa shape index (κ3) is 47.7. The number of ether oxygens (including phenoxy) is 4. The van der Waals surface area contributed by atoms with Crippen LogP contribution in [0.1, 0.15) is 251 Å². The molecule has 0 amide bonds. The summed E-state index contributed by atoms with van der Waals surface area (Å²) in [4.78, 5) is 37.1. The van der Waals surface area contributed by atoms with Gasteiger partial charge >= 0.3 is 11.9 Å². The van der Waals surface area contributed by atoms with Crippen molar-refractivity contribution in [2.75, 3.05) is 47.5 Å². The van der Waals surface area contributed by atoms with Crippen molar-refractivity contribution in [3.63, 3.8) is 0 Å². The fourth-order valence-corrected chi connectivity index (χ4v) is 7.73. The monoisotopic (exact) mass is 906 g/mol. The maximum atomic E-state index is 12.8. The van der Waals surface area contributed by atoms with Crippen LogP contribution in [0.15, 0.2) is 24.3 Å². The van der Waals surface area contributed by atoms with Crippen molar-refractivity contribution in [2.24, 2.45) is 0 Å². The van der Waals surface area contributed by atoms with Crippen molar-refractivity contribution in [1.82, 2.24) is 0 Å². The molecule has 0 saturated carbocycles. The molecule has 0 rings (SSSR count). The third-order valence-corrected chi connectivity index (χ3v) is 12.0. The lowest BCUT2D eigenvalue weighted by Crippen LogP contribution is -2.44. The summed E-state index contributed by atoms with van der Waals surface area (Å²) in [5, 5.41) is 11.7. The van der Waals surface area contributed by atoms with E-state index in [2.05, 4.69) is 38.2 Å².